The van der Waals surface area contributed by atoms with Gasteiger partial charge in [0.25, 0.3) is 5.69 Å². The molecule has 0 amide bonds. The van der Waals surface area contributed by atoms with Crippen molar-refractivity contribution in [2.75, 3.05) is 6.54 Å². The molecule has 4 rings (SSSR count). The number of non-ortho nitro benzene ring substituents is 1. The smallest absolute Gasteiger partial charge is 0.269 e. The Bertz CT molecular complexity index is 1020. The fourth-order valence-electron chi connectivity index (χ4n) is 3.90. The van der Waals surface area contributed by atoms with Gasteiger partial charge in [0.15, 0.2) is 0 Å². The van der Waals surface area contributed by atoms with Gasteiger partial charge in [0.05, 0.1) is 11.0 Å². The lowest BCUT2D eigenvalue weighted by atomic mass is 10.00. The van der Waals surface area contributed by atoms with Gasteiger partial charge < -0.3 is 9.67 Å². The van der Waals surface area contributed by atoms with E-state index in [1.807, 2.05) is 18.3 Å². The van der Waals surface area contributed by atoms with Crippen molar-refractivity contribution in [3.05, 3.63) is 92.8 Å². The minimum Gasteiger partial charge on any atom is -0.508 e. The van der Waals surface area contributed by atoms with Gasteiger partial charge in [-0.3, -0.25) is 15.0 Å². The zero-order valence-electron chi connectivity index (χ0n) is 15.2. The molecule has 144 valence electrons. The molecule has 1 atom stereocenters. The molecule has 0 spiro atoms. The minimum absolute atomic E-state index is 0.0744. The van der Waals surface area contributed by atoms with E-state index in [-0.39, 0.29) is 22.4 Å². The van der Waals surface area contributed by atoms with E-state index < -0.39 is 0 Å². The van der Waals surface area contributed by atoms with Crippen LogP contribution in [0.5, 0.6) is 5.75 Å². The Morgan fingerprint density at radius 2 is 2.00 bits per heavy atom. The second kappa shape index (κ2) is 7.66. The summed E-state index contributed by atoms with van der Waals surface area (Å²) in [7, 11) is 0. The number of benzene rings is 2. The first-order valence-corrected chi connectivity index (χ1v) is 9.51. The molecular formula is C21H20ClN3O3. The lowest BCUT2D eigenvalue weighted by molar-refractivity contribution is -0.384. The van der Waals surface area contributed by atoms with Crippen LogP contribution < -0.4 is 0 Å². The number of phenols is 1. The van der Waals surface area contributed by atoms with E-state index in [1.165, 1.54) is 6.07 Å². The van der Waals surface area contributed by atoms with Crippen LogP contribution in [0.1, 0.15) is 29.3 Å². The number of aromatic nitrogens is 1. The van der Waals surface area contributed by atoms with E-state index >= 15 is 0 Å². The van der Waals surface area contributed by atoms with Gasteiger partial charge in [0.2, 0.25) is 0 Å². The van der Waals surface area contributed by atoms with Gasteiger partial charge in [0, 0.05) is 54.2 Å². The van der Waals surface area contributed by atoms with Gasteiger partial charge in [-0.2, -0.15) is 0 Å². The van der Waals surface area contributed by atoms with Crippen molar-refractivity contribution in [3.8, 4) is 5.75 Å². The first-order chi connectivity index (χ1) is 13.5. The summed E-state index contributed by atoms with van der Waals surface area (Å²) < 4.78 is 2.20. The normalized spacial score (nSPS) is 17.1. The van der Waals surface area contributed by atoms with Gasteiger partial charge >= 0.3 is 0 Å². The molecular weight excluding hydrogens is 378 g/mol. The van der Waals surface area contributed by atoms with Gasteiger partial charge in [0.1, 0.15) is 5.75 Å². The van der Waals surface area contributed by atoms with E-state index in [2.05, 4.69) is 15.5 Å². The van der Waals surface area contributed by atoms with Crippen LogP contribution >= 0.6 is 11.6 Å². The maximum atomic E-state index is 11.3. The SMILES string of the molecule is O=[N+]([O-])c1cccc(C2c3cccn3CCCN2Cc2cc(Cl)ccc2O)c1. The number of hydrogen-bond donors (Lipinski definition) is 1. The Morgan fingerprint density at radius 3 is 2.82 bits per heavy atom. The van der Waals surface area contributed by atoms with Crippen LogP contribution in [0.2, 0.25) is 5.02 Å². The van der Waals surface area contributed by atoms with Gasteiger partial charge in [-0.15, -0.1) is 0 Å². The Morgan fingerprint density at radius 1 is 1.14 bits per heavy atom. The minimum atomic E-state index is -0.369. The molecule has 0 saturated heterocycles. The molecule has 1 aliphatic rings. The summed E-state index contributed by atoms with van der Waals surface area (Å²) in [6.07, 6.45) is 2.98. The van der Waals surface area contributed by atoms with Crippen LogP contribution in [-0.4, -0.2) is 26.0 Å². The molecule has 28 heavy (non-hydrogen) atoms. The molecule has 2 heterocycles. The van der Waals surface area contributed by atoms with E-state index in [1.54, 1.807) is 30.3 Å². The van der Waals surface area contributed by atoms with Crippen LogP contribution in [0.15, 0.2) is 60.8 Å². The Labute approximate surface area is 167 Å². The number of aryl methyl sites for hydroxylation is 1. The molecule has 6 nitrogen and oxygen atoms in total. The van der Waals surface area contributed by atoms with E-state index in [0.717, 1.165) is 36.3 Å². The van der Waals surface area contributed by atoms with Gasteiger partial charge in [-0.25, -0.2) is 0 Å². The number of nitro groups is 1. The zero-order chi connectivity index (χ0) is 19.7. The number of aromatic hydroxyl groups is 1. The maximum absolute atomic E-state index is 11.3. The molecule has 0 bridgehead atoms. The number of nitrogens with zero attached hydrogens (tertiary/aromatic N) is 3. The fraction of sp³-hybridized carbons (Fsp3) is 0.238. The summed E-state index contributed by atoms with van der Waals surface area (Å²) in [5.41, 5.74) is 2.76. The van der Waals surface area contributed by atoms with E-state index in [9.17, 15) is 15.2 Å². The molecule has 3 aromatic rings. The predicted octanol–water partition coefficient (Wildman–Crippen LogP) is 4.75. The number of nitro benzene ring substituents is 1. The van der Waals surface area contributed by atoms with Crippen LogP contribution in [0.3, 0.4) is 0 Å². The molecule has 0 fully saturated rings. The zero-order valence-corrected chi connectivity index (χ0v) is 15.9. The van der Waals surface area contributed by atoms with Crippen LogP contribution in [-0.2, 0) is 13.1 Å². The molecule has 0 aliphatic carbocycles. The van der Waals surface area contributed by atoms with Gasteiger partial charge in [-0.1, -0.05) is 23.7 Å². The average Bonchev–Trinajstić information content (AvgIpc) is 3.06. The van der Waals surface area contributed by atoms with Crippen molar-refractivity contribution in [3.63, 3.8) is 0 Å². The highest BCUT2D eigenvalue weighted by molar-refractivity contribution is 6.30. The molecule has 1 aromatic heterocycles. The Kier molecular flexibility index (Phi) is 5.07. The number of rotatable bonds is 4. The van der Waals surface area contributed by atoms with Crippen molar-refractivity contribution in [2.45, 2.75) is 25.6 Å². The second-order valence-corrected chi connectivity index (χ2v) is 7.41. The fourth-order valence-corrected chi connectivity index (χ4v) is 4.09. The van der Waals surface area contributed by atoms with Crippen molar-refractivity contribution in [1.29, 1.82) is 0 Å². The third kappa shape index (κ3) is 3.61. The van der Waals surface area contributed by atoms with Crippen molar-refractivity contribution < 1.29 is 10.0 Å². The highest BCUT2D eigenvalue weighted by atomic mass is 35.5. The standard InChI is InChI=1S/C21H20ClN3O3/c22-17-7-8-20(26)16(12-17)14-24-11-3-10-23-9-2-6-19(23)21(24)15-4-1-5-18(13-15)25(27)28/h1-2,4-9,12-13,21,26H,3,10-11,14H2. The summed E-state index contributed by atoms with van der Waals surface area (Å²) >= 11 is 6.13. The Balaban J connectivity index is 1.78. The molecule has 1 N–H and O–H groups in total. The van der Waals surface area contributed by atoms with E-state index in [0.29, 0.717) is 11.6 Å². The van der Waals surface area contributed by atoms with Gasteiger partial charge in [-0.05, 0) is 42.3 Å². The van der Waals surface area contributed by atoms with Crippen LogP contribution in [0, 0.1) is 10.1 Å². The monoisotopic (exact) mass is 397 g/mol. The predicted molar refractivity (Wildman–Crippen MR) is 108 cm³/mol. The van der Waals surface area contributed by atoms with Crippen molar-refractivity contribution in [2.24, 2.45) is 0 Å². The molecule has 0 saturated carbocycles. The first-order valence-electron chi connectivity index (χ1n) is 9.14. The molecule has 1 aliphatic heterocycles. The summed E-state index contributed by atoms with van der Waals surface area (Å²) in [5.74, 6) is 0.196. The first kappa shape index (κ1) is 18.5. The topological polar surface area (TPSA) is 71.5 Å². The summed E-state index contributed by atoms with van der Waals surface area (Å²) in [4.78, 5) is 13.2. The second-order valence-electron chi connectivity index (χ2n) is 6.98. The highest BCUT2D eigenvalue weighted by Crippen LogP contribution is 2.35. The highest BCUT2D eigenvalue weighted by Gasteiger charge is 2.29. The lowest BCUT2D eigenvalue weighted by Gasteiger charge is -2.30. The number of halogens is 1. The summed E-state index contributed by atoms with van der Waals surface area (Å²) in [6.45, 7) is 2.16. The van der Waals surface area contributed by atoms with E-state index in [4.69, 9.17) is 11.6 Å². The van der Waals surface area contributed by atoms with Crippen molar-refractivity contribution >= 4 is 17.3 Å². The molecule has 2 aromatic carbocycles. The maximum Gasteiger partial charge on any atom is 0.269 e. The third-order valence-electron chi connectivity index (χ3n) is 5.17. The third-order valence-corrected chi connectivity index (χ3v) is 5.40. The Hall–Kier alpha value is -2.83. The quantitative estimate of drug-likeness (QED) is 0.509. The molecule has 7 heteroatoms. The van der Waals surface area contributed by atoms with Crippen molar-refractivity contribution in [1.82, 2.24) is 9.47 Å². The lowest BCUT2D eigenvalue weighted by Crippen LogP contribution is -2.29. The summed E-state index contributed by atoms with van der Waals surface area (Å²) in [5, 5.41) is 22.1. The number of hydrogen-bond acceptors (Lipinski definition) is 4. The number of phenolic OH excluding ortho intramolecular Hbond substituents is 1. The largest absolute Gasteiger partial charge is 0.508 e. The molecule has 0 radical (unpaired) electrons. The van der Waals surface area contributed by atoms with Crippen LogP contribution in [0.4, 0.5) is 5.69 Å². The average molecular weight is 398 g/mol. The summed E-state index contributed by atoms with van der Waals surface area (Å²) in [6, 6.07) is 15.7. The number of fused-ring (bicyclic) bond motifs is 1. The molecule has 1 unspecified atom stereocenters. The van der Waals surface area contributed by atoms with Crippen LogP contribution in [0.25, 0.3) is 0 Å².